The van der Waals surface area contributed by atoms with E-state index in [-0.39, 0.29) is 10.8 Å². The fourth-order valence-corrected chi connectivity index (χ4v) is 6.72. The van der Waals surface area contributed by atoms with E-state index in [1.807, 2.05) is 42.3 Å². The number of nitrogens with two attached hydrogens (primary N) is 1. The monoisotopic (exact) mass is 605 g/mol. The average Bonchev–Trinajstić information content (AvgIpc) is 3.01. The summed E-state index contributed by atoms with van der Waals surface area (Å²) in [6.45, 7) is 24.6. The van der Waals surface area contributed by atoms with Gasteiger partial charge < -0.3 is 5.73 Å². The quantitative estimate of drug-likeness (QED) is 0.205. The van der Waals surface area contributed by atoms with Crippen LogP contribution in [0, 0.1) is 5.41 Å². The maximum Gasteiger partial charge on any atom is 0.0502 e. The minimum atomic E-state index is 0.0605. The lowest BCUT2D eigenvalue weighted by atomic mass is 9.54. The third-order valence-corrected chi connectivity index (χ3v) is 9.00. The summed E-state index contributed by atoms with van der Waals surface area (Å²) < 4.78 is 0. The third-order valence-electron chi connectivity index (χ3n) is 8.49. The second-order valence-electron chi connectivity index (χ2n) is 11.9. The molecule has 0 radical (unpaired) electrons. The minimum Gasteiger partial charge on any atom is -0.405 e. The van der Waals surface area contributed by atoms with Gasteiger partial charge in [-0.25, -0.2) is 0 Å². The molecule has 0 spiro atoms. The molecule has 2 aromatic carbocycles. The molecule has 0 saturated carbocycles. The SMILES string of the molecule is C=C/C=C(/C)C(=CC)C1(C)CC(C)(C)C(C)c2ccccc21.C=CN.C=N/C(=C\SC)Cc1ccc(-c2ccncc2)cc1. The Morgan fingerprint density at radius 1 is 1.02 bits per heavy atom. The predicted molar refractivity (Wildman–Crippen MR) is 197 cm³/mol. The molecule has 2 unspecified atom stereocenters. The summed E-state index contributed by atoms with van der Waals surface area (Å²) in [5.41, 5.74) is 15.3. The van der Waals surface area contributed by atoms with E-state index in [1.54, 1.807) is 11.8 Å². The van der Waals surface area contributed by atoms with Crippen molar-refractivity contribution in [2.75, 3.05) is 6.26 Å². The highest BCUT2D eigenvalue weighted by molar-refractivity contribution is 8.01. The van der Waals surface area contributed by atoms with Gasteiger partial charge in [-0.15, -0.1) is 11.8 Å². The summed E-state index contributed by atoms with van der Waals surface area (Å²) >= 11 is 1.65. The number of allylic oxidation sites excluding steroid dienone is 6. The standard InChI is InChI=1S/C22H30.C16H16N2S.C2H5N/c1-8-12-16(3)19(9-2)22(7)15-21(5,6)17(4)18-13-10-11-14-20(18)22;1-17-16(12-19-2)11-13-3-5-14(6-4-13)15-7-9-18-10-8-15;1-2-3/h8-14,17H,1,15H2,2-7H3;3-10,12H,1,11H2,2H3;2H,1,3H2/b16-12-,19-9?;16-12-;. The summed E-state index contributed by atoms with van der Waals surface area (Å²) in [6, 6.07) is 21.6. The Bertz CT molecular complexity index is 1460. The molecule has 1 aromatic heterocycles. The van der Waals surface area contributed by atoms with Gasteiger partial charge in [0.2, 0.25) is 0 Å². The summed E-state index contributed by atoms with van der Waals surface area (Å²) in [4.78, 5) is 8.07. The van der Waals surface area contributed by atoms with Gasteiger partial charge in [-0.3, -0.25) is 9.98 Å². The van der Waals surface area contributed by atoms with Crippen LogP contribution in [0.5, 0.6) is 0 Å². The Labute approximate surface area is 271 Å². The number of rotatable bonds is 8. The van der Waals surface area contributed by atoms with E-state index in [4.69, 9.17) is 0 Å². The zero-order chi connectivity index (χ0) is 32.8. The number of aliphatic imine (C=N–C) groups is 1. The molecule has 0 amide bonds. The van der Waals surface area contributed by atoms with Crippen molar-refractivity contribution in [2.45, 2.75) is 65.7 Å². The molecular weight excluding hydrogens is 555 g/mol. The Hall–Kier alpha value is -3.89. The lowest BCUT2D eigenvalue weighted by Crippen LogP contribution is -2.40. The van der Waals surface area contributed by atoms with Gasteiger partial charge in [0.25, 0.3) is 0 Å². The van der Waals surface area contributed by atoms with E-state index < -0.39 is 0 Å². The molecule has 0 bridgehead atoms. The summed E-state index contributed by atoms with van der Waals surface area (Å²) in [5, 5.41) is 2.03. The van der Waals surface area contributed by atoms with Gasteiger partial charge in [-0.2, -0.15) is 0 Å². The zero-order valence-electron chi connectivity index (χ0n) is 27.8. The zero-order valence-corrected chi connectivity index (χ0v) is 28.6. The molecule has 0 aliphatic heterocycles. The molecule has 44 heavy (non-hydrogen) atoms. The molecule has 3 aromatic rings. The van der Waals surface area contributed by atoms with E-state index in [0.717, 1.165) is 12.1 Å². The Morgan fingerprint density at radius 3 is 2.16 bits per heavy atom. The number of pyridine rings is 1. The molecule has 4 heteroatoms. The number of hydrogen-bond acceptors (Lipinski definition) is 4. The molecule has 1 aliphatic rings. The van der Waals surface area contributed by atoms with Crippen LogP contribution in [0.1, 0.15) is 70.6 Å². The van der Waals surface area contributed by atoms with Gasteiger partial charge in [-0.1, -0.05) is 108 Å². The van der Waals surface area contributed by atoms with E-state index in [2.05, 4.69) is 138 Å². The van der Waals surface area contributed by atoms with Crippen LogP contribution in [-0.2, 0) is 11.8 Å². The van der Waals surface area contributed by atoms with Crippen LogP contribution >= 0.6 is 11.8 Å². The van der Waals surface area contributed by atoms with Crippen LogP contribution in [0.15, 0.2) is 138 Å². The van der Waals surface area contributed by atoms with Crippen molar-refractivity contribution in [1.82, 2.24) is 4.98 Å². The van der Waals surface area contributed by atoms with Gasteiger partial charge in [0.1, 0.15) is 0 Å². The number of benzene rings is 2. The number of aromatic nitrogens is 1. The van der Waals surface area contributed by atoms with Crippen molar-refractivity contribution >= 4 is 18.5 Å². The van der Waals surface area contributed by atoms with E-state index in [9.17, 15) is 0 Å². The first kappa shape index (κ1) is 36.3. The van der Waals surface area contributed by atoms with Gasteiger partial charge in [-0.05, 0) is 107 Å². The summed E-state index contributed by atoms with van der Waals surface area (Å²) in [6.07, 6.45) is 15.2. The van der Waals surface area contributed by atoms with Gasteiger partial charge in [0.15, 0.2) is 0 Å². The molecule has 2 atom stereocenters. The number of hydrogen-bond donors (Lipinski definition) is 1. The first-order valence-electron chi connectivity index (χ1n) is 15.1. The van der Waals surface area contributed by atoms with Crippen LogP contribution in [-0.4, -0.2) is 18.0 Å². The van der Waals surface area contributed by atoms with Gasteiger partial charge >= 0.3 is 0 Å². The van der Waals surface area contributed by atoms with Crippen LogP contribution in [0.2, 0.25) is 0 Å². The van der Waals surface area contributed by atoms with Crippen molar-refractivity contribution in [3.63, 3.8) is 0 Å². The smallest absolute Gasteiger partial charge is 0.0502 e. The maximum atomic E-state index is 4.61. The van der Waals surface area contributed by atoms with Crippen LogP contribution in [0.25, 0.3) is 11.1 Å². The molecule has 0 fully saturated rings. The van der Waals surface area contributed by atoms with E-state index in [1.165, 1.54) is 51.6 Å². The molecule has 1 heterocycles. The number of fused-ring (bicyclic) bond motifs is 1. The molecule has 2 N–H and O–H groups in total. The molecule has 1 aliphatic carbocycles. The molecule has 232 valence electrons. The van der Waals surface area contributed by atoms with E-state index in [0.29, 0.717) is 5.92 Å². The predicted octanol–water partition coefficient (Wildman–Crippen LogP) is 10.8. The highest BCUT2D eigenvalue weighted by Crippen LogP contribution is 2.56. The fraction of sp³-hybridized carbons (Fsp3) is 0.300. The topological polar surface area (TPSA) is 51.3 Å². The summed E-state index contributed by atoms with van der Waals surface area (Å²) in [5.74, 6) is 0.582. The normalized spacial score (nSPS) is 19.2. The highest BCUT2D eigenvalue weighted by Gasteiger charge is 2.46. The van der Waals surface area contributed by atoms with Crippen LogP contribution < -0.4 is 5.73 Å². The lowest BCUT2D eigenvalue weighted by molar-refractivity contribution is 0.201. The molecule has 3 nitrogen and oxygen atoms in total. The van der Waals surface area contributed by atoms with Crippen molar-refractivity contribution in [2.24, 2.45) is 16.1 Å². The molecule has 4 rings (SSSR count). The maximum absolute atomic E-state index is 4.61. The van der Waals surface area contributed by atoms with Gasteiger partial charge in [0, 0.05) is 24.2 Å². The second-order valence-corrected chi connectivity index (χ2v) is 12.6. The molecule has 0 saturated heterocycles. The lowest BCUT2D eigenvalue weighted by Gasteiger charge is -2.49. The third kappa shape index (κ3) is 9.30. The van der Waals surface area contributed by atoms with Gasteiger partial charge in [0.05, 0.1) is 5.70 Å². The average molecular weight is 606 g/mol. The fourth-order valence-electron chi connectivity index (χ4n) is 6.29. The van der Waals surface area contributed by atoms with E-state index >= 15 is 0 Å². The van der Waals surface area contributed by atoms with Crippen molar-refractivity contribution in [3.8, 4) is 11.1 Å². The van der Waals surface area contributed by atoms with Crippen molar-refractivity contribution in [3.05, 3.63) is 150 Å². The number of thioether (sulfide) groups is 1. The number of nitrogens with zero attached hydrogens (tertiary/aromatic N) is 2. The molecular formula is C40H51N3S. The van der Waals surface area contributed by atoms with Crippen LogP contribution in [0.3, 0.4) is 0 Å². The summed E-state index contributed by atoms with van der Waals surface area (Å²) in [7, 11) is 0. The first-order chi connectivity index (χ1) is 21.0. The van der Waals surface area contributed by atoms with Crippen molar-refractivity contribution < 1.29 is 0 Å². The Morgan fingerprint density at radius 2 is 1.61 bits per heavy atom. The Balaban J connectivity index is 0.000000284. The van der Waals surface area contributed by atoms with Crippen molar-refractivity contribution in [1.29, 1.82) is 0 Å². The van der Waals surface area contributed by atoms with Crippen LogP contribution in [0.4, 0.5) is 0 Å². The first-order valence-corrected chi connectivity index (χ1v) is 16.4. The second kappa shape index (κ2) is 17.4. The Kier molecular flexibility index (Phi) is 14.4. The largest absolute Gasteiger partial charge is 0.405 e. The highest BCUT2D eigenvalue weighted by atomic mass is 32.2. The minimum absolute atomic E-state index is 0.0605.